The largest absolute Gasteiger partial charge is 0.343 e. The number of nitrogens with one attached hydrogen (secondary N) is 1. The number of nitrogens with zero attached hydrogens (tertiary/aromatic N) is 3. The van der Waals surface area contributed by atoms with Gasteiger partial charge in [0.15, 0.2) is 5.11 Å². The molecular weight excluding hydrogens is 356 g/mol. The molecule has 0 amide bonds. The van der Waals surface area contributed by atoms with E-state index >= 15 is 0 Å². The SMILES string of the molecule is Cc1cccc(-c2noc(CN(C)C(=S)Nc3ccc(Cl)cc3)n2)c1. The van der Waals surface area contributed by atoms with Crippen LogP contribution in [0.4, 0.5) is 5.69 Å². The molecule has 0 saturated heterocycles. The molecule has 128 valence electrons. The van der Waals surface area contributed by atoms with Gasteiger partial charge in [-0.1, -0.05) is 40.5 Å². The Morgan fingerprint density at radius 1 is 1.24 bits per heavy atom. The minimum absolute atomic E-state index is 0.415. The van der Waals surface area contributed by atoms with E-state index in [2.05, 4.69) is 15.5 Å². The van der Waals surface area contributed by atoms with E-state index in [0.29, 0.717) is 28.4 Å². The quantitative estimate of drug-likeness (QED) is 0.679. The van der Waals surface area contributed by atoms with Gasteiger partial charge in [0.25, 0.3) is 0 Å². The van der Waals surface area contributed by atoms with Crippen molar-refractivity contribution < 1.29 is 4.52 Å². The second-order valence-corrected chi connectivity index (χ2v) is 6.50. The fraction of sp³-hybridized carbons (Fsp3) is 0.167. The first kappa shape index (κ1) is 17.4. The third kappa shape index (κ3) is 4.55. The van der Waals surface area contributed by atoms with Crippen LogP contribution in [0.3, 0.4) is 0 Å². The van der Waals surface area contributed by atoms with Gasteiger partial charge in [-0.3, -0.25) is 0 Å². The van der Waals surface area contributed by atoms with E-state index in [-0.39, 0.29) is 0 Å². The number of hydrogen-bond donors (Lipinski definition) is 1. The van der Waals surface area contributed by atoms with Crippen molar-refractivity contribution in [1.82, 2.24) is 15.0 Å². The first-order valence-corrected chi connectivity index (χ1v) is 8.47. The second kappa shape index (κ2) is 7.63. The molecule has 0 spiro atoms. The van der Waals surface area contributed by atoms with Crippen LogP contribution < -0.4 is 5.32 Å². The summed E-state index contributed by atoms with van der Waals surface area (Å²) < 4.78 is 5.34. The number of aromatic nitrogens is 2. The number of anilines is 1. The molecule has 0 radical (unpaired) electrons. The summed E-state index contributed by atoms with van der Waals surface area (Å²) in [5, 5.41) is 8.42. The Kier molecular flexibility index (Phi) is 5.31. The molecule has 0 aliphatic rings. The van der Waals surface area contributed by atoms with E-state index in [1.165, 1.54) is 0 Å². The fourth-order valence-corrected chi connectivity index (χ4v) is 2.56. The van der Waals surface area contributed by atoms with Crippen molar-refractivity contribution in [3.8, 4) is 11.4 Å². The van der Waals surface area contributed by atoms with E-state index in [4.69, 9.17) is 28.3 Å². The third-order valence-electron chi connectivity index (χ3n) is 3.56. The lowest BCUT2D eigenvalue weighted by Crippen LogP contribution is -2.30. The molecule has 0 aliphatic carbocycles. The third-order valence-corrected chi connectivity index (χ3v) is 4.22. The molecule has 0 saturated carbocycles. The predicted octanol–water partition coefficient (Wildman–Crippen LogP) is 4.53. The lowest BCUT2D eigenvalue weighted by Gasteiger charge is -2.19. The molecule has 0 atom stereocenters. The average molecular weight is 373 g/mol. The Labute approximate surface area is 156 Å². The Bertz CT molecular complexity index is 879. The van der Waals surface area contributed by atoms with Gasteiger partial charge < -0.3 is 14.7 Å². The van der Waals surface area contributed by atoms with Crippen molar-refractivity contribution in [1.29, 1.82) is 0 Å². The highest BCUT2D eigenvalue weighted by molar-refractivity contribution is 7.80. The molecule has 0 fully saturated rings. The summed E-state index contributed by atoms with van der Waals surface area (Å²) in [5.41, 5.74) is 2.95. The summed E-state index contributed by atoms with van der Waals surface area (Å²) in [6.07, 6.45) is 0. The van der Waals surface area contributed by atoms with Gasteiger partial charge in [-0.15, -0.1) is 0 Å². The molecule has 3 rings (SSSR count). The number of rotatable bonds is 4. The van der Waals surface area contributed by atoms with Crippen molar-refractivity contribution in [2.75, 3.05) is 12.4 Å². The van der Waals surface area contributed by atoms with Gasteiger partial charge in [-0.05, 0) is 49.5 Å². The maximum Gasteiger partial charge on any atom is 0.246 e. The molecule has 1 N–H and O–H groups in total. The Hall–Kier alpha value is -2.44. The Balaban J connectivity index is 1.64. The van der Waals surface area contributed by atoms with Crippen molar-refractivity contribution in [3.63, 3.8) is 0 Å². The van der Waals surface area contributed by atoms with Crippen molar-refractivity contribution in [2.24, 2.45) is 0 Å². The normalized spacial score (nSPS) is 10.5. The van der Waals surface area contributed by atoms with Gasteiger partial charge >= 0.3 is 0 Å². The zero-order valence-electron chi connectivity index (χ0n) is 13.9. The summed E-state index contributed by atoms with van der Waals surface area (Å²) in [5.74, 6) is 1.07. The highest BCUT2D eigenvalue weighted by atomic mass is 35.5. The van der Waals surface area contributed by atoms with Crippen molar-refractivity contribution in [3.05, 3.63) is 65.0 Å². The highest BCUT2D eigenvalue weighted by Gasteiger charge is 2.13. The molecule has 1 aromatic heterocycles. The van der Waals surface area contributed by atoms with Crippen LogP contribution in [0.2, 0.25) is 5.02 Å². The van der Waals surface area contributed by atoms with Crippen molar-refractivity contribution >= 4 is 34.6 Å². The molecule has 0 bridgehead atoms. The maximum absolute atomic E-state index is 5.88. The molecule has 3 aromatic rings. The molecular formula is C18H17ClN4OS. The summed E-state index contributed by atoms with van der Waals surface area (Å²) in [4.78, 5) is 6.27. The van der Waals surface area contributed by atoms with Gasteiger partial charge in [-0.25, -0.2) is 0 Å². The lowest BCUT2D eigenvalue weighted by molar-refractivity contribution is 0.336. The van der Waals surface area contributed by atoms with Crippen LogP contribution in [0.15, 0.2) is 53.1 Å². The van der Waals surface area contributed by atoms with Crippen LogP contribution in [0.1, 0.15) is 11.5 Å². The number of aryl methyl sites for hydroxylation is 1. The summed E-state index contributed by atoms with van der Waals surface area (Å²) in [6.45, 7) is 2.44. The molecule has 2 aromatic carbocycles. The van der Waals surface area contributed by atoms with Gasteiger partial charge in [0.2, 0.25) is 11.7 Å². The van der Waals surface area contributed by atoms with Crippen LogP contribution >= 0.6 is 23.8 Å². The van der Waals surface area contributed by atoms with Gasteiger partial charge in [-0.2, -0.15) is 4.98 Å². The fourth-order valence-electron chi connectivity index (χ4n) is 2.25. The highest BCUT2D eigenvalue weighted by Crippen LogP contribution is 2.18. The molecule has 0 unspecified atom stereocenters. The topological polar surface area (TPSA) is 54.2 Å². The Morgan fingerprint density at radius 2 is 2.00 bits per heavy atom. The standard InChI is InChI=1S/C18H17ClN4OS/c1-12-4-3-5-13(10-12)17-21-16(24-22-17)11-23(2)18(25)20-15-8-6-14(19)7-9-15/h3-10H,11H2,1-2H3,(H,20,25). The summed E-state index contributed by atoms with van der Waals surface area (Å²) in [7, 11) is 1.86. The number of thiocarbonyl (C=S) groups is 1. The van der Waals surface area contributed by atoms with Crippen LogP contribution in [0.5, 0.6) is 0 Å². The van der Waals surface area contributed by atoms with Crippen LogP contribution in [0, 0.1) is 6.92 Å². The minimum atomic E-state index is 0.415. The second-order valence-electron chi connectivity index (χ2n) is 5.67. The van der Waals surface area contributed by atoms with E-state index in [0.717, 1.165) is 16.8 Å². The monoisotopic (exact) mass is 372 g/mol. The Morgan fingerprint density at radius 3 is 2.72 bits per heavy atom. The molecule has 5 nitrogen and oxygen atoms in total. The van der Waals surface area contributed by atoms with Gasteiger partial charge in [0.05, 0.1) is 6.54 Å². The lowest BCUT2D eigenvalue weighted by atomic mass is 10.1. The van der Waals surface area contributed by atoms with Gasteiger partial charge in [0.1, 0.15) is 0 Å². The van der Waals surface area contributed by atoms with Crippen molar-refractivity contribution in [2.45, 2.75) is 13.5 Å². The average Bonchev–Trinajstić information content (AvgIpc) is 3.05. The summed E-state index contributed by atoms with van der Waals surface area (Å²) >= 11 is 11.3. The molecule has 7 heteroatoms. The van der Waals surface area contributed by atoms with E-state index in [1.807, 2.05) is 55.3 Å². The number of halogens is 1. The maximum atomic E-state index is 5.88. The first-order valence-electron chi connectivity index (χ1n) is 7.68. The van der Waals surface area contributed by atoms with E-state index in [9.17, 15) is 0 Å². The van der Waals surface area contributed by atoms with E-state index in [1.54, 1.807) is 12.1 Å². The smallest absolute Gasteiger partial charge is 0.246 e. The first-order chi connectivity index (χ1) is 12.0. The van der Waals surface area contributed by atoms with Crippen LogP contribution in [-0.2, 0) is 6.54 Å². The number of hydrogen-bond acceptors (Lipinski definition) is 4. The van der Waals surface area contributed by atoms with Crippen LogP contribution in [0.25, 0.3) is 11.4 Å². The predicted molar refractivity (Wildman–Crippen MR) is 104 cm³/mol. The zero-order valence-corrected chi connectivity index (χ0v) is 15.4. The minimum Gasteiger partial charge on any atom is -0.343 e. The molecule has 1 heterocycles. The van der Waals surface area contributed by atoms with Gasteiger partial charge in [0, 0.05) is 23.3 Å². The number of benzene rings is 2. The van der Waals surface area contributed by atoms with E-state index < -0.39 is 0 Å². The molecule has 0 aliphatic heterocycles. The molecule has 25 heavy (non-hydrogen) atoms. The van der Waals surface area contributed by atoms with Crippen LogP contribution in [-0.4, -0.2) is 27.2 Å². The summed E-state index contributed by atoms with van der Waals surface area (Å²) in [6, 6.07) is 15.3. The zero-order chi connectivity index (χ0) is 17.8.